The molecule has 0 aromatic heterocycles. The monoisotopic (exact) mass is 1140 g/mol. The predicted molar refractivity (Wildman–Crippen MR) is 304 cm³/mol. The molecule has 0 saturated heterocycles. The van der Waals surface area contributed by atoms with Gasteiger partial charge in [0.15, 0.2) is 6.29 Å². The van der Waals surface area contributed by atoms with Crippen LogP contribution in [0.2, 0.25) is 0 Å². The molecule has 0 unspecified atom stereocenters. The Labute approximate surface area is 477 Å². The number of hydrogen-bond acceptors (Lipinski definition) is 15. The minimum absolute atomic E-state index is 0.0484. The van der Waals surface area contributed by atoms with Crippen LogP contribution in [0.5, 0.6) is 5.75 Å². The minimum atomic E-state index is -2.25. The van der Waals surface area contributed by atoms with E-state index in [4.69, 9.17) is 21.9 Å². The van der Waals surface area contributed by atoms with E-state index in [-0.39, 0.29) is 18.4 Å². The van der Waals surface area contributed by atoms with Crippen LogP contribution in [0.15, 0.2) is 84.9 Å². The van der Waals surface area contributed by atoms with Gasteiger partial charge in [0.05, 0.1) is 25.4 Å². The van der Waals surface area contributed by atoms with E-state index in [1.807, 2.05) is 69.3 Å². The van der Waals surface area contributed by atoms with Crippen LogP contribution >= 0.6 is 0 Å². The van der Waals surface area contributed by atoms with E-state index in [0.717, 1.165) is 59.2 Å². The zero-order valence-corrected chi connectivity index (χ0v) is 47.4. The van der Waals surface area contributed by atoms with Crippen molar-refractivity contribution in [2.75, 3.05) is 19.8 Å². The number of aliphatic hydroxyl groups is 5. The molecule has 0 aliphatic heterocycles. The highest BCUT2D eigenvalue weighted by atomic mass is 19.1. The van der Waals surface area contributed by atoms with Gasteiger partial charge in [-0.3, -0.25) is 33.6 Å². The first-order valence-electron chi connectivity index (χ1n) is 27.4. The molecule has 9 atom stereocenters. The largest absolute Gasteiger partial charge is 0.494 e. The number of amides is 7. The van der Waals surface area contributed by atoms with Gasteiger partial charge in [-0.2, -0.15) is 0 Å². The van der Waals surface area contributed by atoms with Gasteiger partial charge in [-0.15, -0.1) is 0 Å². The Morgan fingerprint density at radius 2 is 1.29 bits per heavy atom. The predicted octanol–water partition coefficient (Wildman–Crippen LogP) is 0.164. The fourth-order valence-corrected chi connectivity index (χ4v) is 9.14. The van der Waals surface area contributed by atoms with Gasteiger partial charge in [-0.25, -0.2) is 4.39 Å². The van der Waals surface area contributed by atoms with Crippen molar-refractivity contribution in [3.8, 4) is 16.9 Å². The van der Waals surface area contributed by atoms with Crippen molar-refractivity contribution in [2.45, 2.75) is 160 Å². The number of halogens is 1. The molecular formula is C59H82FN9O13. The van der Waals surface area contributed by atoms with Crippen molar-refractivity contribution in [3.63, 3.8) is 0 Å². The lowest BCUT2D eigenvalue weighted by Crippen LogP contribution is -2.66. The van der Waals surface area contributed by atoms with E-state index in [2.05, 4.69) is 31.9 Å². The Morgan fingerprint density at radius 3 is 1.88 bits per heavy atom. The lowest BCUT2D eigenvalue weighted by atomic mass is 9.90. The SMILES string of the molecule is CCc1cc(OCCCCN)ccc1-c1ccc(C[C@H](NC(=O)[C@H](CC(O)O)NC(=O)[C@H](CO)NC(=O)[C@@H](NC(=O)[C@](C)(Cc2ccccc2F)NC(=O)[C@@H](N)[C@@H](C)O)[C@@H](C)O)C(=O)N[C@@H](CCCc2cc(C)cc(C)c2)C(N)=O)cc1. The molecule has 0 aliphatic rings. The highest BCUT2D eigenvalue weighted by Gasteiger charge is 2.41. The number of aryl methyl sites for hydroxylation is 4. The highest BCUT2D eigenvalue weighted by molar-refractivity contribution is 5.98. The number of ether oxygens (including phenoxy) is 1. The molecule has 0 radical (unpaired) electrons. The number of rotatable bonds is 33. The van der Waals surface area contributed by atoms with Gasteiger partial charge in [0.25, 0.3) is 0 Å². The zero-order chi connectivity index (χ0) is 60.8. The summed E-state index contributed by atoms with van der Waals surface area (Å²) in [4.78, 5) is 96.2. The average Bonchev–Trinajstić information content (AvgIpc) is 3.42. The van der Waals surface area contributed by atoms with Crippen molar-refractivity contribution in [3.05, 3.63) is 124 Å². The van der Waals surface area contributed by atoms with Gasteiger partial charge < -0.3 is 79.4 Å². The number of benzene rings is 4. The summed E-state index contributed by atoms with van der Waals surface area (Å²) in [6.45, 7) is 9.39. The normalized spacial score (nSPS) is 15.0. The number of carbonyl (C=O) groups excluding carboxylic acids is 7. The number of aliphatic hydroxyl groups excluding tert-OH is 4. The highest BCUT2D eigenvalue weighted by Crippen LogP contribution is 2.29. The quantitative estimate of drug-likeness (QED) is 0.0223. The maximum Gasteiger partial charge on any atom is 0.246 e. The Balaban J connectivity index is 1.59. The Bertz CT molecular complexity index is 2780. The lowest BCUT2D eigenvalue weighted by Gasteiger charge is -2.34. The Hall–Kier alpha value is -7.38. The number of unbranched alkanes of at least 4 members (excludes halogenated alkanes) is 1. The van der Waals surface area contributed by atoms with Gasteiger partial charge in [-0.1, -0.05) is 84.8 Å². The summed E-state index contributed by atoms with van der Waals surface area (Å²) in [7, 11) is 0. The molecule has 7 amide bonds. The summed E-state index contributed by atoms with van der Waals surface area (Å²) in [5.41, 5.74) is 21.6. The van der Waals surface area contributed by atoms with Crippen molar-refractivity contribution in [1.82, 2.24) is 31.9 Å². The van der Waals surface area contributed by atoms with Crippen LogP contribution in [0.1, 0.15) is 93.2 Å². The molecule has 23 heteroatoms. The van der Waals surface area contributed by atoms with Crippen LogP contribution in [0.4, 0.5) is 4.39 Å². The van der Waals surface area contributed by atoms with E-state index < -0.39 is 127 Å². The van der Waals surface area contributed by atoms with Gasteiger partial charge in [0.1, 0.15) is 53.4 Å². The molecule has 4 rings (SSSR count). The standard InChI is InChI=1S/C59H82FN9O13/c1-7-39-29-42(82-24-11-10-23-61)21-22-43(39)40-19-17-37(18-20-40)28-46(53(76)64-45(52(63)75)16-12-13-38-26-33(2)25-34(3)27-38)65-54(77)47(30-49(73)74)66-55(78)48(32-70)67-57(80)51(36(5)72)68-58(81)59(6,69-56(79)50(62)35(4)71)31-41-14-8-9-15-44(41)60/h8-9,14-15,17-22,25-27,29,35-36,45-51,70-74H,7,10-13,16,23-24,28,30-32,61-62H2,1-6H3,(H2,63,75)(H,64,76)(H,65,77)(H,66,78)(H,67,80)(H,68,81)(H,69,79)/t35-,36-,45+,46+,47+,48+,50+,51+,59+/m1/s1. The molecule has 0 spiro atoms. The molecule has 22 nitrogen and oxygen atoms in total. The van der Waals surface area contributed by atoms with Crippen molar-refractivity contribution in [2.24, 2.45) is 17.2 Å². The third-order valence-corrected chi connectivity index (χ3v) is 13.7. The summed E-state index contributed by atoms with van der Waals surface area (Å²) in [5, 5.41) is 65.7. The van der Waals surface area contributed by atoms with Gasteiger partial charge >= 0.3 is 0 Å². The van der Waals surface area contributed by atoms with Crippen molar-refractivity contribution < 1.29 is 68.2 Å². The number of nitrogens with one attached hydrogen (secondary N) is 6. The lowest BCUT2D eigenvalue weighted by molar-refractivity contribution is -0.139. The van der Waals surface area contributed by atoms with Gasteiger partial charge in [-0.05, 0) is 131 Å². The van der Waals surface area contributed by atoms with Crippen molar-refractivity contribution in [1.29, 1.82) is 0 Å². The molecule has 0 saturated carbocycles. The molecule has 17 N–H and O–H groups in total. The second kappa shape index (κ2) is 32.3. The number of carbonyl (C=O) groups is 7. The van der Waals surface area contributed by atoms with Crippen LogP contribution in [-0.4, -0.2) is 147 Å². The fraction of sp³-hybridized carbons (Fsp3) is 0.475. The number of hydrogen-bond donors (Lipinski definition) is 14. The van der Waals surface area contributed by atoms with Gasteiger partial charge in [0.2, 0.25) is 41.4 Å². The summed E-state index contributed by atoms with van der Waals surface area (Å²) in [6, 6.07) is 14.4. The molecule has 0 bridgehead atoms. The Kier molecular flexibility index (Phi) is 26.4. The summed E-state index contributed by atoms with van der Waals surface area (Å²) in [5.74, 6) is -7.57. The smallest absolute Gasteiger partial charge is 0.246 e. The van der Waals surface area contributed by atoms with E-state index in [9.17, 15) is 63.5 Å². The van der Waals surface area contributed by atoms with Crippen LogP contribution in [-0.2, 0) is 59.2 Å². The minimum Gasteiger partial charge on any atom is -0.494 e. The first-order chi connectivity index (χ1) is 38.8. The number of nitrogens with two attached hydrogens (primary N) is 3. The first-order valence-corrected chi connectivity index (χ1v) is 27.4. The molecule has 4 aromatic carbocycles. The molecule has 448 valence electrons. The summed E-state index contributed by atoms with van der Waals surface area (Å²) < 4.78 is 20.8. The van der Waals surface area contributed by atoms with Gasteiger partial charge in [0, 0.05) is 19.3 Å². The molecule has 82 heavy (non-hydrogen) atoms. The summed E-state index contributed by atoms with van der Waals surface area (Å²) >= 11 is 0. The third kappa shape index (κ3) is 20.6. The Morgan fingerprint density at radius 1 is 0.683 bits per heavy atom. The van der Waals surface area contributed by atoms with E-state index in [1.54, 1.807) is 12.1 Å². The molecule has 0 heterocycles. The molecule has 0 aliphatic carbocycles. The maximum absolute atomic E-state index is 14.9. The van der Waals surface area contributed by atoms with Crippen molar-refractivity contribution >= 4 is 41.4 Å². The molecular weight excluding hydrogens is 1060 g/mol. The topological polar surface area (TPSA) is 380 Å². The number of primary amides is 1. The molecule has 4 aromatic rings. The van der Waals surface area contributed by atoms with Crippen LogP contribution in [0.3, 0.4) is 0 Å². The van der Waals surface area contributed by atoms with E-state index in [1.165, 1.54) is 32.0 Å². The average molecular weight is 1140 g/mol. The molecule has 0 fully saturated rings. The second-order valence-electron chi connectivity index (χ2n) is 20.9. The van der Waals surface area contributed by atoms with Crippen LogP contribution in [0, 0.1) is 19.7 Å². The van der Waals surface area contributed by atoms with E-state index in [0.29, 0.717) is 43.7 Å². The maximum atomic E-state index is 14.9. The van der Waals surface area contributed by atoms with Crippen LogP contribution in [0.25, 0.3) is 11.1 Å². The fourth-order valence-electron chi connectivity index (χ4n) is 9.14. The zero-order valence-electron chi connectivity index (χ0n) is 47.4. The third-order valence-electron chi connectivity index (χ3n) is 13.7. The van der Waals surface area contributed by atoms with E-state index >= 15 is 0 Å². The van der Waals surface area contributed by atoms with Crippen LogP contribution < -0.4 is 53.8 Å². The second-order valence-corrected chi connectivity index (χ2v) is 20.9. The first kappa shape index (κ1) is 67.1. The summed E-state index contributed by atoms with van der Waals surface area (Å²) in [6.07, 6.45) is -3.48.